The van der Waals surface area contributed by atoms with Crippen molar-refractivity contribution in [3.8, 4) is 0 Å². The van der Waals surface area contributed by atoms with Gasteiger partial charge in [0.05, 0.1) is 0 Å². The Kier molecular flexibility index (Phi) is 23.7. The van der Waals surface area contributed by atoms with Crippen molar-refractivity contribution in [3.05, 3.63) is 0 Å². The molecule has 10 heteroatoms. The van der Waals surface area contributed by atoms with Gasteiger partial charge in [0.15, 0.2) is 0 Å². The van der Waals surface area contributed by atoms with E-state index in [-0.39, 0.29) is 65.7 Å². The Bertz CT molecular complexity index is 245. The minimum absolute atomic E-state index is 0. The monoisotopic (exact) mass is 330 g/mol. The molecule has 0 aliphatic heterocycles. The molecule has 9 nitrogen and oxygen atoms in total. The van der Waals surface area contributed by atoms with Gasteiger partial charge in [-0.3, -0.25) is 19.2 Å². The average Bonchev–Trinajstić information content (AvgIpc) is 2.15. The molecule has 0 unspecified atom stereocenters. The van der Waals surface area contributed by atoms with E-state index in [1.165, 1.54) is 0 Å². The molecule has 0 bridgehead atoms. The van der Waals surface area contributed by atoms with Gasteiger partial charge in [-0.15, -0.1) is 0 Å². The number of hydrogen-bond donors (Lipinski definition) is 4. The molecule has 6 N–H and O–H groups in total. The summed E-state index contributed by atoms with van der Waals surface area (Å²) in [5.74, 6) is -3.79. The maximum Gasteiger partial charge on any atom is 0.303 e. The molecule has 0 aromatic rings. The molecule has 0 aliphatic carbocycles. The van der Waals surface area contributed by atoms with Crippen LogP contribution < -0.4 is 0 Å². The van der Waals surface area contributed by atoms with Gasteiger partial charge in [0.2, 0.25) is 0 Å². The zero-order chi connectivity index (χ0) is 14.6. The Morgan fingerprint density at radius 3 is 0.800 bits per heavy atom. The van der Waals surface area contributed by atoms with E-state index in [0.717, 1.165) is 0 Å². The minimum Gasteiger partial charge on any atom is -0.481 e. The molecule has 0 radical (unpaired) electrons. The quantitative estimate of drug-likeness (QED) is 0.442. The van der Waals surface area contributed by atoms with Gasteiger partial charge < -0.3 is 25.9 Å². The molecular weight excluding hydrogens is 312 g/mol. The van der Waals surface area contributed by atoms with Crippen LogP contribution in [-0.2, 0) is 40.9 Å². The Balaban J connectivity index is -0.000000116. The van der Waals surface area contributed by atoms with E-state index in [1.807, 2.05) is 0 Å². The van der Waals surface area contributed by atoms with Crippen molar-refractivity contribution in [2.24, 2.45) is 0 Å². The summed E-state index contributed by atoms with van der Waals surface area (Å²) in [6.45, 7) is 0. The van der Waals surface area contributed by atoms with E-state index in [1.54, 1.807) is 0 Å². The Labute approximate surface area is 129 Å². The number of carboxylic acid groups (broad SMARTS) is 4. The van der Waals surface area contributed by atoms with Crippen LogP contribution in [0.1, 0.15) is 38.5 Å². The maximum absolute atomic E-state index is 9.79. The fourth-order valence-electron chi connectivity index (χ4n) is 0.782. The molecule has 0 atom stereocenters. The van der Waals surface area contributed by atoms with Crippen LogP contribution in [0, 0.1) is 0 Å². The van der Waals surface area contributed by atoms with Crippen LogP contribution in [0.15, 0.2) is 0 Å². The Morgan fingerprint density at radius 2 is 0.700 bits per heavy atom. The molecular formula is C10H18O9Ti. The van der Waals surface area contributed by atoms with Gasteiger partial charge in [-0.05, 0) is 12.8 Å². The van der Waals surface area contributed by atoms with Gasteiger partial charge in [-0.2, -0.15) is 0 Å². The maximum atomic E-state index is 9.79. The molecule has 0 saturated carbocycles. The molecule has 20 heavy (non-hydrogen) atoms. The van der Waals surface area contributed by atoms with Crippen LogP contribution >= 0.6 is 0 Å². The van der Waals surface area contributed by atoms with Crippen LogP contribution in [0.5, 0.6) is 0 Å². The second-order valence-electron chi connectivity index (χ2n) is 3.28. The fraction of sp³-hybridized carbons (Fsp3) is 0.600. The number of aliphatic carboxylic acids is 4. The normalized spacial score (nSPS) is 8.00. The van der Waals surface area contributed by atoms with Crippen LogP contribution in [0.25, 0.3) is 0 Å². The van der Waals surface area contributed by atoms with Crippen LogP contribution in [0.3, 0.4) is 0 Å². The van der Waals surface area contributed by atoms with Crippen molar-refractivity contribution < 1.29 is 66.8 Å². The number of rotatable bonds is 8. The number of hydrogen-bond acceptors (Lipinski definition) is 4. The summed E-state index contributed by atoms with van der Waals surface area (Å²) in [5.41, 5.74) is 0. The molecule has 116 valence electrons. The van der Waals surface area contributed by atoms with E-state index in [2.05, 4.69) is 0 Å². The van der Waals surface area contributed by atoms with E-state index in [9.17, 15) is 19.2 Å². The predicted molar refractivity (Wildman–Crippen MR) is 61.9 cm³/mol. The summed E-state index contributed by atoms with van der Waals surface area (Å²) in [6, 6.07) is 0. The van der Waals surface area contributed by atoms with Crippen LogP contribution in [-0.4, -0.2) is 49.8 Å². The second-order valence-corrected chi connectivity index (χ2v) is 3.28. The van der Waals surface area contributed by atoms with Gasteiger partial charge in [0.25, 0.3) is 0 Å². The first kappa shape index (κ1) is 27.0. The number of carbonyl (C=O) groups is 4. The van der Waals surface area contributed by atoms with Crippen molar-refractivity contribution in [1.82, 2.24) is 0 Å². The van der Waals surface area contributed by atoms with Crippen molar-refractivity contribution in [1.29, 1.82) is 0 Å². The summed E-state index contributed by atoms with van der Waals surface area (Å²) in [6.07, 6.45) is 0.173. The summed E-state index contributed by atoms with van der Waals surface area (Å²) in [5, 5.41) is 32.1. The minimum atomic E-state index is -0.948. The zero-order valence-corrected chi connectivity index (χ0v) is 12.2. The largest absolute Gasteiger partial charge is 0.481 e. The number of carboxylic acids is 4. The van der Waals surface area contributed by atoms with Gasteiger partial charge in [-0.25, -0.2) is 0 Å². The average molecular weight is 330 g/mol. The van der Waals surface area contributed by atoms with Crippen molar-refractivity contribution in [2.45, 2.75) is 38.5 Å². The van der Waals surface area contributed by atoms with E-state index < -0.39 is 23.9 Å². The van der Waals surface area contributed by atoms with Gasteiger partial charge in [0, 0.05) is 47.4 Å². The summed E-state index contributed by atoms with van der Waals surface area (Å²) >= 11 is 0. The third-order valence-electron chi connectivity index (χ3n) is 1.56. The SMILES string of the molecule is O.O=C(O)CCCC(=O)O.O=C(O)CCCC(=O)O.[Ti]. The van der Waals surface area contributed by atoms with E-state index in [0.29, 0.717) is 0 Å². The molecule has 0 aliphatic rings. The third kappa shape index (κ3) is 36.0. The molecule has 0 aromatic heterocycles. The third-order valence-corrected chi connectivity index (χ3v) is 1.56. The predicted octanol–water partition coefficient (Wildman–Crippen LogP) is -0.175. The summed E-state index contributed by atoms with van der Waals surface area (Å²) in [7, 11) is 0. The van der Waals surface area contributed by atoms with Crippen molar-refractivity contribution >= 4 is 23.9 Å². The Hall–Kier alpha value is -1.45. The molecule has 0 heterocycles. The fourth-order valence-corrected chi connectivity index (χ4v) is 0.782. The molecule has 0 aromatic carbocycles. The van der Waals surface area contributed by atoms with Gasteiger partial charge >= 0.3 is 23.9 Å². The van der Waals surface area contributed by atoms with Crippen LogP contribution in [0.2, 0.25) is 0 Å². The van der Waals surface area contributed by atoms with Crippen molar-refractivity contribution in [3.63, 3.8) is 0 Å². The first-order chi connectivity index (χ1) is 8.25. The first-order valence-electron chi connectivity index (χ1n) is 5.13. The summed E-state index contributed by atoms with van der Waals surface area (Å²) in [4.78, 5) is 39.2. The topological polar surface area (TPSA) is 181 Å². The smallest absolute Gasteiger partial charge is 0.303 e. The molecule has 0 fully saturated rings. The van der Waals surface area contributed by atoms with Crippen LogP contribution in [0.4, 0.5) is 0 Å². The zero-order valence-electron chi connectivity index (χ0n) is 10.7. The van der Waals surface area contributed by atoms with Gasteiger partial charge in [-0.1, -0.05) is 0 Å². The van der Waals surface area contributed by atoms with Gasteiger partial charge in [0.1, 0.15) is 0 Å². The standard InChI is InChI=1S/2C5H8O4.H2O.Ti/c2*6-4(7)2-1-3-5(8)9;;/h2*1-3H2,(H,6,7)(H,8,9);1H2;. The molecule has 0 spiro atoms. The first-order valence-corrected chi connectivity index (χ1v) is 5.13. The van der Waals surface area contributed by atoms with Crippen molar-refractivity contribution in [2.75, 3.05) is 0 Å². The van der Waals surface area contributed by atoms with E-state index >= 15 is 0 Å². The molecule has 0 rings (SSSR count). The Morgan fingerprint density at radius 1 is 0.550 bits per heavy atom. The molecule has 0 amide bonds. The van der Waals surface area contributed by atoms with E-state index in [4.69, 9.17) is 20.4 Å². The second kappa shape index (κ2) is 17.6. The summed E-state index contributed by atoms with van der Waals surface area (Å²) < 4.78 is 0. The molecule has 0 saturated heterocycles.